The Hall–Kier alpha value is -5.03. The van der Waals surface area contributed by atoms with Gasteiger partial charge in [0.1, 0.15) is 17.1 Å². The Balaban J connectivity index is 0.848. The molecular formula is C51H66N10O4S2. The van der Waals surface area contributed by atoms with E-state index in [1.165, 1.54) is 24.0 Å². The zero-order valence-electron chi connectivity index (χ0n) is 39.6. The van der Waals surface area contributed by atoms with E-state index < -0.39 is 9.73 Å². The maximum atomic E-state index is 14.0. The molecule has 2 aliphatic carbocycles. The highest BCUT2D eigenvalue weighted by molar-refractivity contribution is 7.98. The number of hydrogen-bond acceptors (Lipinski definition) is 13. The quantitative estimate of drug-likeness (QED) is 0.0677. The molecule has 16 heteroatoms. The van der Waals surface area contributed by atoms with Gasteiger partial charge in [0, 0.05) is 108 Å². The molecule has 1 spiro atoms. The van der Waals surface area contributed by atoms with Gasteiger partial charge >= 0.3 is 0 Å². The van der Waals surface area contributed by atoms with Gasteiger partial charge in [0.25, 0.3) is 5.91 Å². The number of pyridine rings is 2. The van der Waals surface area contributed by atoms with Crippen LogP contribution in [0.25, 0.3) is 11.0 Å². The second-order valence-electron chi connectivity index (χ2n) is 19.9. The predicted molar refractivity (Wildman–Crippen MR) is 271 cm³/mol. The zero-order valence-corrected chi connectivity index (χ0v) is 41.2. The Kier molecular flexibility index (Phi) is 14.2. The molecule has 14 nitrogen and oxygen atoms in total. The van der Waals surface area contributed by atoms with E-state index in [9.17, 15) is 13.9 Å². The molecular weight excluding hydrogens is 881 g/mol. The van der Waals surface area contributed by atoms with Crippen molar-refractivity contribution >= 4 is 55.8 Å². The fraction of sp³-hybridized carbons (Fsp3) is 0.510. The summed E-state index contributed by atoms with van der Waals surface area (Å²) in [6.45, 7) is 13.9. The largest absolute Gasteiger partial charge is 0.455 e. The number of piperazine rings is 1. The number of ether oxygens (including phenoxy) is 1. The van der Waals surface area contributed by atoms with Gasteiger partial charge in [-0.05, 0) is 134 Å². The summed E-state index contributed by atoms with van der Waals surface area (Å²) in [6.07, 6.45) is 17.0. The van der Waals surface area contributed by atoms with Crippen LogP contribution in [0.2, 0.25) is 0 Å². The standard InChI is InChI=1S/C51H66N10O4S2/c1-6-59-23-24-61(46(33-59)43-10-8-7-9-42(43)34(2)3)39-28-51(29-39)18-21-60(22-19-51)38-15-16-44(47(26-38)65-40-25-36-17-20-52-48(36)54-31-40)50(62)57-66-41-27-45(56-63)49(55-32-41)53-30-35-11-13-37(14-12-35)58-67(4,5)64/h7-10,15-17,20,25-27,31-32,34-35,37,39,46H,6,11-14,18-19,21-24,28-30,33H2,1-5H3,(H,52,54)(H,53,55)(H,57,62). The molecule has 356 valence electrons. The Morgan fingerprint density at radius 1 is 0.985 bits per heavy atom. The average Bonchev–Trinajstić information content (AvgIpc) is 3.80. The van der Waals surface area contributed by atoms with E-state index in [1.54, 1.807) is 31.0 Å². The fourth-order valence-electron chi connectivity index (χ4n) is 11.0. The van der Waals surface area contributed by atoms with Crippen molar-refractivity contribution < 1.29 is 13.7 Å². The SMILES string of the molecule is CCN1CCN(C2CC3(CCN(c4ccc(C(=O)NSc5cnc(NCC6CCC(N=S(C)(C)=O)CC6)c(N=O)c5)c(Oc5cnc6[nH]ccc6c5)c4)CC3)C2)C(c2ccccc2C(C)C)C1. The van der Waals surface area contributed by atoms with E-state index in [-0.39, 0.29) is 17.6 Å². The first-order valence-corrected chi connectivity index (χ1v) is 27.3. The summed E-state index contributed by atoms with van der Waals surface area (Å²) in [7, 11) is -2.12. The number of piperidine rings is 1. The lowest BCUT2D eigenvalue weighted by Gasteiger charge is -2.58. The molecule has 4 fully saturated rings. The first-order valence-electron chi connectivity index (χ1n) is 24.1. The molecule has 67 heavy (non-hydrogen) atoms. The molecule has 9 rings (SSSR count). The summed E-state index contributed by atoms with van der Waals surface area (Å²) in [6, 6.07) is 21.6. The minimum Gasteiger partial charge on any atom is -0.455 e. The van der Waals surface area contributed by atoms with Gasteiger partial charge in [0.05, 0.1) is 17.8 Å². The number of anilines is 2. The lowest BCUT2D eigenvalue weighted by molar-refractivity contribution is -0.0610. The molecule has 0 bridgehead atoms. The maximum Gasteiger partial charge on any atom is 0.265 e. The summed E-state index contributed by atoms with van der Waals surface area (Å²) in [4.78, 5) is 46.6. The number of nitrogens with one attached hydrogen (secondary N) is 3. The van der Waals surface area contributed by atoms with Crippen LogP contribution in [0.1, 0.15) is 106 Å². The molecule has 5 aromatic rings. The molecule has 1 unspecified atom stereocenters. The molecule has 2 saturated carbocycles. The monoisotopic (exact) mass is 946 g/mol. The molecule has 0 radical (unpaired) electrons. The number of hydrogen-bond donors (Lipinski definition) is 3. The van der Waals surface area contributed by atoms with Crippen molar-refractivity contribution in [1.29, 1.82) is 0 Å². The number of aromatic nitrogens is 3. The Morgan fingerprint density at radius 2 is 1.78 bits per heavy atom. The van der Waals surface area contributed by atoms with E-state index in [0.717, 1.165) is 106 Å². The summed E-state index contributed by atoms with van der Waals surface area (Å²) < 4.78 is 26.1. The molecule has 4 aliphatic rings. The van der Waals surface area contributed by atoms with Crippen molar-refractivity contribution in [1.82, 2.24) is 29.5 Å². The topological polar surface area (TPSA) is 161 Å². The second-order valence-corrected chi connectivity index (χ2v) is 23.3. The summed E-state index contributed by atoms with van der Waals surface area (Å²) in [5.41, 5.74) is 5.67. The summed E-state index contributed by atoms with van der Waals surface area (Å²) >= 11 is 1.07. The number of likely N-dealkylation sites (N-methyl/N-ethyl adjacent to an activating group) is 1. The molecule has 3 aromatic heterocycles. The number of fused-ring (bicyclic) bond motifs is 1. The third-order valence-electron chi connectivity index (χ3n) is 14.7. The van der Waals surface area contributed by atoms with Crippen molar-refractivity contribution in [3.63, 3.8) is 0 Å². The molecule has 5 heterocycles. The van der Waals surface area contributed by atoms with Crippen LogP contribution in [0.4, 0.5) is 17.2 Å². The fourth-order valence-corrected chi connectivity index (χ4v) is 12.5. The van der Waals surface area contributed by atoms with Crippen LogP contribution in [0.15, 0.2) is 93.7 Å². The van der Waals surface area contributed by atoms with Crippen molar-refractivity contribution in [2.45, 2.75) is 101 Å². The van der Waals surface area contributed by atoms with E-state index >= 15 is 0 Å². The Morgan fingerprint density at radius 3 is 2.52 bits per heavy atom. The lowest BCUT2D eigenvalue weighted by Crippen LogP contribution is -2.60. The van der Waals surface area contributed by atoms with Crippen molar-refractivity contribution in [3.8, 4) is 11.5 Å². The van der Waals surface area contributed by atoms with Crippen molar-refractivity contribution in [3.05, 3.63) is 101 Å². The minimum atomic E-state index is -2.12. The van der Waals surface area contributed by atoms with Gasteiger partial charge in [-0.2, -0.15) is 0 Å². The van der Waals surface area contributed by atoms with Crippen molar-refractivity contribution in [2.75, 3.05) is 68.5 Å². The number of H-pyrrole nitrogens is 1. The van der Waals surface area contributed by atoms with Gasteiger partial charge in [-0.25, -0.2) is 14.3 Å². The first-order chi connectivity index (χ1) is 32.4. The van der Waals surface area contributed by atoms with Gasteiger partial charge in [0.2, 0.25) is 0 Å². The van der Waals surface area contributed by atoms with Crippen LogP contribution in [0, 0.1) is 16.2 Å². The van der Waals surface area contributed by atoms with Crippen LogP contribution >= 0.6 is 11.9 Å². The third-order valence-corrected chi connectivity index (χ3v) is 16.3. The summed E-state index contributed by atoms with van der Waals surface area (Å²) in [5.74, 6) is 1.91. The highest BCUT2D eigenvalue weighted by Crippen LogP contribution is 2.53. The number of amides is 1. The van der Waals surface area contributed by atoms with Crippen molar-refractivity contribution in [2.24, 2.45) is 20.9 Å². The Bertz CT molecular complexity index is 2670. The van der Waals surface area contributed by atoms with Gasteiger partial charge < -0.3 is 24.8 Å². The van der Waals surface area contributed by atoms with E-state index in [4.69, 9.17) is 4.74 Å². The minimum absolute atomic E-state index is 0.135. The smallest absolute Gasteiger partial charge is 0.265 e. The molecule has 2 saturated heterocycles. The number of benzene rings is 2. The lowest BCUT2D eigenvalue weighted by atomic mass is 9.59. The number of nitrogens with zero attached hydrogens (tertiary/aromatic N) is 7. The highest BCUT2D eigenvalue weighted by atomic mass is 32.2. The molecule has 1 atom stereocenters. The zero-order chi connectivity index (χ0) is 46.7. The normalized spacial score (nSPS) is 21.6. The number of carbonyl (C=O) groups is 1. The first kappa shape index (κ1) is 47.1. The molecule has 2 aromatic carbocycles. The van der Waals surface area contributed by atoms with Gasteiger partial charge in [0.15, 0.2) is 11.5 Å². The van der Waals surface area contributed by atoms with E-state index in [0.29, 0.717) is 63.7 Å². The number of aromatic amines is 1. The van der Waals surface area contributed by atoms with Gasteiger partial charge in [-0.1, -0.05) is 45.0 Å². The van der Waals surface area contributed by atoms with Crippen LogP contribution in [0.3, 0.4) is 0 Å². The van der Waals surface area contributed by atoms with Crippen LogP contribution < -0.4 is 19.7 Å². The van der Waals surface area contributed by atoms with Crippen LogP contribution in [-0.2, 0) is 9.73 Å². The summed E-state index contributed by atoms with van der Waals surface area (Å²) in [5, 5.41) is 7.47. The van der Waals surface area contributed by atoms with Crippen LogP contribution in [-0.4, -0.2) is 105 Å². The molecule has 1 amide bonds. The van der Waals surface area contributed by atoms with E-state index in [2.05, 4.69) is 94.3 Å². The molecule has 2 aliphatic heterocycles. The average molecular weight is 947 g/mol. The highest BCUT2D eigenvalue weighted by Gasteiger charge is 2.50. The van der Waals surface area contributed by atoms with Gasteiger partial charge in [-0.15, -0.1) is 4.91 Å². The van der Waals surface area contributed by atoms with E-state index in [1.807, 2.05) is 36.5 Å². The number of nitroso groups, excluding NO2 is 1. The van der Waals surface area contributed by atoms with Crippen LogP contribution in [0.5, 0.6) is 11.5 Å². The number of rotatable bonds is 15. The number of carbonyl (C=O) groups excluding carboxylic acids is 1. The molecule has 3 N–H and O–H groups in total. The van der Waals surface area contributed by atoms with Gasteiger partial charge in [-0.3, -0.25) is 18.6 Å². The maximum absolute atomic E-state index is 14.0. The second kappa shape index (κ2) is 20.3. The third kappa shape index (κ3) is 11.0. The Labute approximate surface area is 400 Å². The predicted octanol–water partition coefficient (Wildman–Crippen LogP) is 10.5.